The van der Waals surface area contributed by atoms with E-state index in [1.54, 1.807) is 7.11 Å². The summed E-state index contributed by atoms with van der Waals surface area (Å²) in [5.74, 6) is 0.699. The van der Waals surface area contributed by atoms with Gasteiger partial charge in [-0.25, -0.2) is 0 Å². The quantitative estimate of drug-likeness (QED) is 0.746. The highest BCUT2D eigenvalue weighted by molar-refractivity contribution is 5.94. The summed E-state index contributed by atoms with van der Waals surface area (Å²) in [5, 5.41) is 3.14. The molecule has 0 aromatic heterocycles. The number of amides is 1. The van der Waals surface area contributed by atoms with E-state index in [0.29, 0.717) is 5.56 Å². The molecule has 3 rings (SSSR count). The van der Waals surface area contributed by atoms with E-state index in [2.05, 4.69) is 5.32 Å². The van der Waals surface area contributed by atoms with Crippen molar-refractivity contribution in [1.29, 1.82) is 0 Å². The summed E-state index contributed by atoms with van der Waals surface area (Å²) in [6.45, 7) is 2.01. The number of ether oxygens (including phenoxy) is 1. The van der Waals surface area contributed by atoms with Crippen LogP contribution in [0.4, 0.5) is 0 Å². The van der Waals surface area contributed by atoms with Gasteiger partial charge in [0.05, 0.1) is 13.2 Å². The maximum atomic E-state index is 12.7. The Morgan fingerprint density at radius 3 is 2.04 bits per heavy atom. The molecule has 126 valence electrons. The first-order valence-electron chi connectivity index (χ1n) is 8.24. The van der Waals surface area contributed by atoms with E-state index in [0.717, 1.165) is 22.4 Å². The topological polar surface area (TPSA) is 38.3 Å². The summed E-state index contributed by atoms with van der Waals surface area (Å²) in [7, 11) is 1.64. The Morgan fingerprint density at radius 1 is 0.840 bits per heavy atom. The van der Waals surface area contributed by atoms with Crippen LogP contribution in [0.2, 0.25) is 0 Å². The van der Waals surface area contributed by atoms with Crippen LogP contribution in [0.15, 0.2) is 78.9 Å². The normalized spacial score (nSPS) is 11.6. The lowest BCUT2D eigenvalue weighted by Gasteiger charge is -2.20. The molecule has 1 N–H and O–H groups in total. The molecule has 0 fully saturated rings. The van der Waals surface area contributed by atoms with Gasteiger partial charge in [0.2, 0.25) is 0 Å². The third-order valence-electron chi connectivity index (χ3n) is 4.17. The Balaban J connectivity index is 1.90. The number of carbonyl (C=O) groups is 1. The van der Waals surface area contributed by atoms with Crippen LogP contribution in [-0.2, 0) is 0 Å². The first kappa shape index (κ1) is 16.8. The lowest BCUT2D eigenvalue weighted by Crippen LogP contribution is -2.29. The van der Waals surface area contributed by atoms with Crippen LogP contribution in [0.25, 0.3) is 0 Å². The lowest BCUT2D eigenvalue weighted by atomic mass is 9.98. The number of carbonyl (C=O) groups excluding carboxylic acids is 1. The molecule has 3 aromatic carbocycles. The van der Waals surface area contributed by atoms with E-state index in [9.17, 15) is 4.79 Å². The SMILES string of the molecule is COc1ccc(C(NC(=O)c2ccc(C)cc2)c2ccccc2)cc1. The highest BCUT2D eigenvalue weighted by atomic mass is 16.5. The molecule has 0 heterocycles. The summed E-state index contributed by atoms with van der Waals surface area (Å²) >= 11 is 0. The molecule has 0 spiro atoms. The fourth-order valence-electron chi connectivity index (χ4n) is 2.72. The summed E-state index contributed by atoms with van der Waals surface area (Å²) in [4.78, 5) is 12.7. The van der Waals surface area contributed by atoms with Crippen LogP contribution in [0, 0.1) is 6.92 Å². The van der Waals surface area contributed by atoms with Crippen LogP contribution in [0.1, 0.15) is 33.1 Å². The molecule has 0 radical (unpaired) electrons. The predicted molar refractivity (Wildman–Crippen MR) is 99.9 cm³/mol. The Morgan fingerprint density at radius 2 is 1.44 bits per heavy atom. The van der Waals surface area contributed by atoms with E-state index in [-0.39, 0.29) is 11.9 Å². The Bertz CT molecular complexity index is 824. The minimum Gasteiger partial charge on any atom is -0.497 e. The smallest absolute Gasteiger partial charge is 0.252 e. The van der Waals surface area contributed by atoms with Crippen molar-refractivity contribution in [1.82, 2.24) is 5.32 Å². The van der Waals surface area contributed by atoms with Crippen molar-refractivity contribution in [3.05, 3.63) is 101 Å². The lowest BCUT2D eigenvalue weighted by molar-refractivity contribution is 0.0943. The third-order valence-corrected chi connectivity index (χ3v) is 4.17. The van der Waals surface area contributed by atoms with Gasteiger partial charge in [-0.2, -0.15) is 0 Å². The molecule has 0 aliphatic heterocycles. The molecule has 25 heavy (non-hydrogen) atoms. The summed E-state index contributed by atoms with van der Waals surface area (Å²) in [6, 6.07) is 25.1. The molecule has 1 amide bonds. The molecule has 0 saturated carbocycles. The van der Waals surface area contributed by atoms with Gasteiger partial charge < -0.3 is 10.1 Å². The molecule has 1 unspecified atom stereocenters. The van der Waals surface area contributed by atoms with Crippen LogP contribution in [-0.4, -0.2) is 13.0 Å². The van der Waals surface area contributed by atoms with Crippen LogP contribution >= 0.6 is 0 Å². The van der Waals surface area contributed by atoms with Gasteiger partial charge in [-0.05, 0) is 42.3 Å². The fraction of sp³-hybridized carbons (Fsp3) is 0.136. The zero-order valence-electron chi connectivity index (χ0n) is 14.4. The number of nitrogens with one attached hydrogen (secondary N) is 1. The minimum absolute atomic E-state index is 0.0929. The number of hydrogen-bond donors (Lipinski definition) is 1. The van der Waals surface area contributed by atoms with Gasteiger partial charge in [0, 0.05) is 5.56 Å². The van der Waals surface area contributed by atoms with Crippen LogP contribution in [0.3, 0.4) is 0 Å². The van der Waals surface area contributed by atoms with Crippen molar-refractivity contribution in [2.45, 2.75) is 13.0 Å². The van der Waals surface area contributed by atoms with Crippen LogP contribution < -0.4 is 10.1 Å². The molecule has 0 saturated heterocycles. The van der Waals surface area contributed by atoms with Gasteiger partial charge in [-0.15, -0.1) is 0 Å². The fourth-order valence-corrected chi connectivity index (χ4v) is 2.72. The number of methoxy groups -OCH3 is 1. The largest absolute Gasteiger partial charge is 0.497 e. The second kappa shape index (κ2) is 7.67. The number of benzene rings is 3. The van der Waals surface area contributed by atoms with Crippen molar-refractivity contribution in [2.24, 2.45) is 0 Å². The maximum Gasteiger partial charge on any atom is 0.252 e. The van der Waals surface area contributed by atoms with Crippen LogP contribution in [0.5, 0.6) is 5.75 Å². The maximum absolute atomic E-state index is 12.7. The Labute approximate surface area is 148 Å². The van der Waals surface area contributed by atoms with E-state index in [1.165, 1.54) is 0 Å². The minimum atomic E-state index is -0.221. The van der Waals surface area contributed by atoms with Gasteiger partial charge in [0.25, 0.3) is 5.91 Å². The first-order valence-corrected chi connectivity index (χ1v) is 8.24. The van der Waals surface area contributed by atoms with Gasteiger partial charge in [0.1, 0.15) is 5.75 Å². The first-order chi connectivity index (χ1) is 12.2. The van der Waals surface area contributed by atoms with Gasteiger partial charge >= 0.3 is 0 Å². The second-order valence-electron chi connectivity index (χ2n) is 5.96. The van der Waals surface area contributed by atoms with E-state index in [4.69, 9.17) is 4.74 Å². The monoisotopic (exact) mass is 331 g/mol. The van der Waals surface area contributed by atoms with E-state index >= 15 is 0 Å². The van der Waals surface area contributed by atoms with Gasteiger partial charge in [-0.3, -0.25) is 4.79 Å². The molecule has 0 bridgehead atoms. The summed E-state index contributed by atoms with van der Waals surface area (Å²) in [5.41, 5.74) is 3.83. The Kier molecular flexibility index (Phi) is 5.14. The molecule has 3 nitrogen and oxygen atoms in total. The molecular formula is C22H21NO2. The summed E-state index contributed by atoms with van der Waals surface area (Å²) in [6.07, 6.45) is 0. The van der Waals surface area contributed by atoms with Crippen molar-refractivity contribution in [2.75, 3.05) is 7.11 Å². The van der Waals surface area contributed by atoms with Crippen molar-refractivity contribution in [3.8, 4) is 5.75 Å². The highest BCUT2D eigenvalue weighted by Gasteiger charge is 2.17. The molecule has 3 aromatic rings. The van der Waals surface area contributed by atoms with E-state index < -0.39 is 0 Å². The molecule has 1 atom stereocenters. The zero-order valence-corrected chi connectivity index (χ0v) is 14.4. The summed E-state index contributed by atoms with van der Waals surface area (Å²) < 4.78 is 5.23. The highest BCUT2D eigenvalue weighted by Crippen LogP contribution is 2.24. The third kappa shape index (κ3) is 4.07. The van der Waals surface area contributed by atoms with E-state index in [1.807, 2.05) is 85.8 Å². The van der Waals surface area contributed by atoms with Gasteiger partial charge in [0.15, 0.2) is 0 Å². The molecular weight excluding hydrogens is 310 g/mol. The molecule has 3 heteroatoms. The van der Waals surface area contributed by atoms with Crippen molar-refractivity contribution in [3.63, 3.8) is 0 Å². The van der Waals surface area contributed by atoms with Gasteiger partial charge in [-0.1, -0.05) is 60.2 Å². The number of rotatable bonds is 5. The molecule has 0 aliphatic rings. The standard InChI is InChI=1S/C22H21NO2/c1-16-8-10-19(11-9-16)22(24)23-21(17-6-4-3-5-7-17)18-12-14-20(25-2)15-13-18/h3-15,21H,1-2H3,(H,23,24). The molecule has 0 aliphatic carbocycles. The van der Waals surface area contributed by atoms with Crippen molar-refractivity contribution >= 4 is 5.91 Å². The number of hydrogen-bond acceptors (Lipinski definition) is 2. The average molecular weight is 331 g/mol. The Hall–Kier alpha value is -3.07. The number of aryl methyl sites for hydroxylation is 1. The second-order valence-corrected chi connectivity index (χ2v) is 5.96. The van der Waals surface area contributed by atoms with Crippen molar-refractivity contribution < 1.29 is 9.53 Å². The zero-order chi connectivity index (χ0) is 17.6. The predicted octanol–water partition coefficient (Wildman–Crippen LogP) is 4.52. The average Bonchev–Trinajstić information content (AvgIpc) is 2.67.